The monoisotopic (exact) mass is 287 g/mol. The Labute approximate surface area is 94.6 Å². The van der Waals surface area contributed by atoms with Crippen molar-refractivity contribution in [1.29, 1.82) is 0 Å². The lowest BCUT2D eigenvalue weighted by molar-refractivity contribution is 0.149. The van der Waals surface area contributed by atoms with Crippen LogP contribution < -0.4 is 4.72 Å². The quantitative estimate of drug-likeness (QED) is 0.511. The zero-order chi connectivity index (χ0) is 10.9. The highest BCUT2D eigenvalue weighted by Gasteiger charge is 2.06. The van der Waals surface area contributed by atoms with Crippen LogP contribution in [0.2, 0.25) is 0 Å². The van der Waals surface area contributed by atoms with Crippen molar-refractivity contribution in [1.82, 2.24) is 4.72 Å². The van der Waals surface area contributed by atoms with Gasteiger partial charge in [-0.2, -0.15) is 0 Å². The standard InChI is InChI=1S/C8H18BrNO3S/c1-2-8-14(11,12)10-5-3-6-13-7-4-9/h10H,2-8H2,1H3. The zero-order valence-electron chi connectivity index (χ0n) is 8.46. The number of alkyl halides is 1. The van der Waals surface area contributed by atoms with Gasteiger partial charge >= 0.3 is 0 Å². The van der Waals surface area contributed by atoms with Crippen molar-refractivity contribution >= 4 is 26.0 Å². The van der Waals surface area contributed by atoms with E-state index >= 15 is 0 Å². The summed E-state index contributed by atoms with van der Waals surface area (Å²) in [5.74, 6) is 0.204. The maximum Gasteiger partial charge on any atom is 0.211 e. The largest absolute Gasteiger partial charge is 0.381 e. The van der Waals surface area contributed by atoms with Gasteiger partial charge in [0.1, 0.15) is 0 Å². The Kier molecular flexibility index (Phi) is 8.86. The molecular formula is C8H18BrNO3S. The second kappa shape index (κ2) is 8.64. The van der Waals surface area contributed by atoms with E-state index in [9.17, 15) is 8.42 Å². The van der Waals surface area contributed by atoms with E-state index in [0.717, 1.165) is 11.8 Å². The molecule has 0 rings (SSSR count). The van der Waals surface area contributed by atoms with E-state index in [0.29, 0.717) is 26.2 Å². The minimum Gasteiger partial charge on any atom is -0.381 e. The summed E-state index contributed by atoms with van der Waals surface area (Å²) < 4.78 is 30.0. The average Bonchev–Trinajstić information content (AvgIpc) is 2.11. The number of hydrogen-bond acceptors (Lipinski definition) is 3. The molecule has 0 saturated carbocycles. The average molecular weight is 288 g/mol. The van der Waals surface area contributed by atoms with Crippen LogP contribution in [0, 0.1) is 0 Å². The van der Waals surface area contributed by atoms with Crippen LogP contribution in [0.1, 0.15) is 19.8 Å². The Balaban J connectivity index is 3.35. The molecule has 0 aromatic carbocycles. The van der Waals surface area contributed by atoms with Crippen LogP contribution in [-0.2, 0) is 14.8 Å². The molecule has 0 heterocycles. The summed E-state index contributed by atoms with van der Waals surface area (Å²) in [5, 5.41) is 0.814. The smallest absolute Gasteiger partial charge is 0.211 e. The molecule has 0 unspecified atom stereocenters. The molecule has 0 spiro atoms. The molecule has 4 nitrogen and oxygen atoms in total. The molecule has 0 aliphatic carbocycles. The van der Waals surface area contributed by atoms with Crippen LogP contribution in [0.3, 0.4) is 0 Å². The molecule has 0 aromatic heterocycles. The van der Waals surface area contributed by atoms with E-state index in [1.165, 1.54) is 0 Å². The van der Waals surface area contributed by atoms with Crippen LogP contribution in [0.15, 0.2) is 0 Å². The molecule has 0 fully saturated rings. The lowest BCUT2D eigenvalue weighted by Gasteiger charge is -2.05. The predicted octanol–water partition coefficient (Wildman–Crippen LogP) is 1.12. The number of nitrogens with one attached hydrogen (secondary N) is 1. The molecule has 6 heteroatoms. The number of hydrogen-bond donors (Lipinski definition) is 1. The first kappa shape index (κ1) is 14.3. The van der Waals surface area contributed by atoms with Gasteiger partial charge in [0, 0.05) is 18.5 Å². The number of halogens is 1. The van der Waals surface area contributed by atoms with Gasteiger partial charge in [0.05, 0.1) is 12.4 Å². The van der Waals surface area contributed by atoms with Gasteiger partial charge in [0.2, 0.25) is 10.0 Å². The maximum absolute atomic E-state index is 11.2. The first-order chi connectivity index (χ1) is 6.62. The van der Waals surface area contributed by atoms with E-state index in [-0.39, 0.29) is 5.75 Å². The maximum atomic E-state index is 11.2. The number of rotatable bonds is 9. The van der Waals surface area contributed by atoms with E-state index in [4.69, 9.17) is 4.74 Å². The summed E-state index contributed by atoms with van der Waals surface area (Å²) in [5.41, 5.74) is 0. The number of ether oxygens (including phenoxy) is 1. The molecule has 14 heavy (non-hydrogen) atoms. The summed E-state index contributed by atoms with van der Waals surface area (Å²) in [7, 11) is -3.04. The summed E-state index contributed by atoms with van der Waals surface area (Å²) in [6.07, 6.45) is 1.37. The van der Waals surface area contributed by atoms with Gasteiger partial charge in [-0.15, -0.1) is 0 Å². The lowest BCUT2D eigenvalue weighted by atomic mass is 10.5. The van der Waals surface area contributed by atoms with Crippen LogP contribution in [0.25, 0.3) is 0 Å². The second-order valence-electron chi connectivity index (χ2n) is 2.87. The molecular weight excluding hydrogens is 270 g/mol. The van der Waals surface area contributed by atoms with Crippen molar-refractivity contribution in [3.63, 3.8) is 0 Å². The van der Waals surface area contributed by atoms with Gasteiger partial charge in [0.15, 0.2) is 0 Å². The van der Waals surface area contributed by atoms with Gasteiger partial charge in [-0.25, -0.2) is 13.1 Å². The molecule has 0 radical (unpaired) electrons. The molecule has 1 N–H and O–H groups in total. The van der Waals surface area contributed by atoms with E-state index in [1.807, 2.05) is 6.92 Å². The van der Waals surface area contributed by atoms with Crippen LogP contribution >= 0.6 is 15.9 Å². The van der Waals surface area contributed by atoms with Crippen LogP contribution in [0.5, 0.6) is 0 Å². The molecule has 0 saturated heterocycles. The minimum absolute atomic E-state index is 0.204. The van der Waals surface area contributed by atoms with Crippen molar-refractivity contribution in [3.05, 3.63) is 0 Å². The fourth-order valence-electron chi connectivity index (χ4n) is 0.899. The Hall–Kier alpha value is 0.350. The second-order valence-corrected chi connectivity index (χ2v) is 5.59. The van der Waals surface area contributed by atoms with Crippen molar-refractivity contribution in [3.8, 4) is 0 Å². The number of sulfonamides is 1. The highest BCUT2D eigenvalue weighted by atomic mass is 79.9. The predicted molar refractivity (Wildman–Crippen MR) is 61.3 cm³/mol. The Morgan fingerprint density at radius 1 is 1.36 bits per heavy atom. The third kappa shape index (κ3) is 8.93. The van der Waals surface area contributed by atoms with Crippen molar-refractivity contribution in [2.75, 3.05) is 30.8 Å². The first-order valence-corrected chi connectivity index (χ1v) is 7.51. The minimum atomic E-state index is -3.04. The lowest BCUT2D eigenvalue weighted by Crippen LogP contribution is -2.27. The Morgan fingerprint density at radius 3 is 2.64 bits per heavy atom. The van der Waals surface area contributed by atoms with Gasteiger partial charge in [-0.05, 0) is 12.8 Å². The van der Waals surface area contributed by atoms with Crippen LogP contribution in [0.4, 0.5) is 0 Å². The van der Waals surface area contributed by atoms with Crippen molar-refractivity contribution in [2.24, 2.45) is 0 Å². The van der Waals surface area contributed by atoms with Gasteiger partial charge < -0.3 is 4.74 Å². The molecule has 0 aromatic rings. The zero-order valence-corrected chi connectivity index (χ0v) is 10.9. The van der Waals surface area contributed by atoms with Crippen molar-refractivity contribution in [2.45, 2.75) is 19.8 Å². The summed E-state index contributed by atoms with van der Waals surface area (Å²) in [4.78, 5) is 0. The van der Waals surface area contributed by atoms with E-state index < -0.39 is 10.0 Å². The molecule has 86 valence electrons. The normalized spacial score (nSPS) is 11.9. The summed E-state index contributed by atoms with van der Waals surface area (Å²) in [6, 6.07) is 0. The van der Waals surface area contributed by atoms with Crippen LogP contribution in [-0.4, -0.2) is 39.3 Å². The van der Waals surface area contributed by atoms with E-state index in [2.05, 4.69) is 20.7 Å². The van der Waals surface area contributed by atoms with Gasteiger partial charge in [-0.1, -0.05) is 22.9 Å². The molecule has 0 amide bonds. The molecule has 0 aliphatic rings. The molecule has 0 bridgehead atoms. The third-order valence-electron chi connectivity index (χ3n) is 1.48. The Bertz CT molecular complexity index is 219. The molecule has 0 aliphatic heterocycles. The highest BCUT2D eigenvalue weighted by Crippen LogP contribution is 1.90. The topological polar surface area (TPSA) is 55.4 Å². The summed E-state index contributed by atoms with van der Waals surface area (Å²) >= 11 is 3.23. The fourth-order valence-corrected chi connectivity index (χ4v) is 2.27. The Morgan fingerprint density at radius 2 is 2.07 bits per heavy atom. The van der Waals surface area contributed by atoms with E-state index in [1.54, 1.807) is 0 Å². The van der Waals surface area contributed by atoms with Gasteiger partial charge in [-0.3, -0.25) is 0 Å². The molecule has 0 atom stereocenters. The SMILES string of the molecule is CCCS(=O)(=O)NCCCOCCBr. The third-order valence-corrected chi connectivity index (χ3v) is 3.40. The van der Waals surface area contributed by atoms with Gasteiger partial charge in [0.25, 0.3) is 0 Å². The highest BCUT2D eigenvalue weighted by molar-refractivity contribution is 9.09. The first-order valence-electron chi connectivity index (χ1n) is 4.73. The summed E-state index contributed by atoms with van der Waals surface area (Å²) in [6.45, 7) is 3.57. The van der Waals surface area contributed by atoms with Crippen molar-refractivity contribution < 1.29 is 13.2 Å². The fraction of sp³-hybridized carbons (Fsp3) is 1.00.